The molecular weight excluding hydrogens is 180 g/mol. The number of hydrogen-bond acceptors (Lipinski definition) is 4. The molecule has 0 spiro atoms. The van der Waals surface area contributed by atoms with E-state index in [9.17, 15) is 4.79 Å². The van der Waals surface area contributed by atoms with Gasteiger partial charge in [0.25, 0.3) is 0 Å². The van der Waals surface area contributed by atoms with Crippen LogP contribution < -0.4 is 5.73 Å². The quantitative estimate of drug-likeness (QED) is 0.564. The lowest BCUT2D eigenvalue weighted by atomic mass is 10.2. The summed E-state index contributed by atoms with van der Waals surface area (Å²) >= 11 is 0. The first-order valence-corrected chi connectivity index (χ1v) is 4.12. The van der Waals surface area contributed by atoms with Crippen molar-refractivity contribution >= 4 is 17.7 Å². The van der Waals surface area contributed by atoms with E-state index < -0.39 is 5.97 Å². The maximum Gasteiger partial charge on any atom is 0.330 e. The van der Waals surface area contributed by atoms with Crippen LogP contribution in [0.15, 0.2) is 18.2 Å². The summed E-state index contributed by atoms with van der Waals surface area (Å²) in [6, 6.07) is 3.49. The van der Waals surface area contributed by atoms with E-state index in [4.69, 9.17) is 5.73 Å². The first-order chi connectivity index (χ1) is 6.63. The molecule has 1 rings (SSSR count). The van der Waals surface area contributed by atoms with Crippen LogP contribution in [0.3, 0.4) is 0 Å². The molecule has 0 aliphatic carbocycles. The number of carbonyl (C=O) groups is 1. The molecule has 0 aliphatic rings. The first-order valence-electron chi connectivity index (χ1n) is 4.12. The summed E-state index contributed by atoms with van der Waals surface area (Å²) in [5, 5.41) is 0. The van der Waals surface area contributed by atoms with Crippen molar-refractivity contribution in [1.82, 2.24) is 4.98 Å². The Balaban J connectivity index is 2.83. The zero-order valence-corrected chi connectivity index (χ0v) is 8.15. The lowest BCUT2D eigenvalue weighted by Crippen LogP contribution is -1.96. The van der Waals surface area contributed by atoms with Gasteiger partial charge in [0.1, 0.15) is 0 Å². The fraction of sp³-hybridized carbons (Fsp3) is 0.200. The summed E-state index contributed by atoms with van der Waals surface area (Å²) in [7, 11) is 1.33. The lowest BCUT2D eigenvalue weighted by molar-refractivity contribution is -0.134. The number of pyridine rings is 1. The Morgan fingerprint density at radius 3 is 2.86 bits per heavy atom. The Labute approximate surface area is 82.4 Å². The van der Waals surface area contributed by atoms with Gasteiger partial charge in [-0.1, -0.05) is 0 Å². The van der Waals surface area contributed by atoms with Gasteiger partial charge in [-0.2, -0.15) is 0 Å². The third-order valence-corrected chi connectivity index (χ3v) is 1.74. The summed E-state index contributed by atoms with van der Waals surface area (Å²) in [5.41, 5.74) is 7.66. The van der Waals surface area contributed by atoms with E-state index in [0.29, 0.717) is 11.4 Å². The van der Waals surface area contributed by atoms with Crippen LogP contribution in [-0.2, 0) is 9.53 Å². The zero-order valence-electron chi connectivity index (χ0n) is 8.15. The highest BCUT2D eigenvalue weighted by Crippen LogP contribution is 2.09. The molecule has 1 aromatic rings. The summed E-state index contributed by atoms with van der Waals surface area (Å²) < 4.78 is 4.45. The maximum absolute atomic E-state index is 10.8. The molecule has 0 bridgehead atoms. The molecule has 2 N–H and O–H groups in total. The van der Waals surface area contributed by atoms with E-state index in [1.165, 1.54) is 13.2 Å². The van der Waals surface area contributed by atoms with Crippen molar-refractivity contribution in [2.45, 2.75) is 6.92 Å². The van der Waals surface area contributed by atoms with Crippen molar-refractivity contribution in [2.75, 3.05) is 12.8 Å². The molecule has 14 heavy (non-hydrogen) atoms. The Kier molecular flexibility index (Phi) is 3.23. The Bertz CT molecular complexity index is 372. The fourth-order valence-electron chi connectivity index (χ4n) is 0.906. The highest BCUT2D eigenvalue weighted by Gasteiger charge is 1.96. The van der Waals surface area contributed by atoms with E-state index in [2.05, 4.69) is 9.72 Å². The number of methoxy groups -OCH3 is 1. The van der Waals surface area contributed by atoms with Gasteiger partial charge in [-0.25, -0.2) is 4.79 Å². The van der Waals surface area contributed by atoms with E-state index in [1.54, 1.807) is 18.2 Å². The minimum atomic E-state index is -0.402. The van der Waals surface area contributed by atoms with E-state index in [0.717, 1.165) is 5.69 Å². The second kappa shape index (κ2) is 4.41. The van der Waals surface area contributed by atoms with Crippen LogP contribution in [0.5, 0.6) is 0 Å². The molecule has 4 heteroatoms. The predicted molar refractivity (Wildman–Crippen MR) is 54.4 cm³/mol. The number of rotatable bonds is 2. The molecule has 4 nitrogen and oxygen atoms in total. The zero-order chi connectivity index (χ0) is 10.6. The molecule has 0 fully saturated rings. The predicted octanol–water partition coefficient (Wildman–Crippen LogP) is 1.16. The third kappa shape index (κ3) is 2.58. The average molecular weight is 192 g/mol. The molecule has 0 aliphatic heterocycles. The summed E-state index contributed by atoms with van der Waals surface area (Å²) in [6.07, 6.45) is 2.90. The summed E-state index contributed by atoms with van der Waals surface area (Å²) in [5.74, 6) is -0.402. The van der Waals surface area contributed by atoms with Crippen LogP contribution in [0.1, 0.15) is 11.4 Å². The molecule has 0 saturated carbocycles. The van der Waals surface area contributed by atoms with Gasteiger partial charge in [0.2, 0.25) is 0 Å². The number of carbonyl (C=O) groups excluding carboxylic acids is 1. The normalized spacial score (nSPS) is 10.4. The minimum absolute atomic E-state index is 0.402. The number of nitrogens with zero attached hydrogens (tertiary/aromatic N) is 1. The molecule has 1 aromatic heterocycles. The smallest absolute Gasteiger partial charge is 0.330 e. The minimum Gasteiger partial charge on any atom is -0.466 e. The number of aryl methyl sites for hydroxylation is 1. The standard InChI is InChI=1S/C10H12N2O2/c1-7-9(11)5-3-8(12-7)4-6-10(13)14-2/h3-6H,11H2,1-2H3. The van der Waals surface area contributed by atoms with Crippen LogP contribution in [0.4, 0.5) is 5.69 Å². The van der Waals surface area contributed by atoms with Crippen LogP contribution >= 0.6 is 0 Å². The lowest BCUT2D eigenvalue weighted by Gasteiger charge is -1.99. The fourth-order valence-corrected chi connectivity index (χ4v) is 0.906. The van der Waals surface area contributed by atoms with Crippen LogP contribution in [0.2, 0.25) is 0 Å². The molecular formula is C10H12N2O2. The van der Waals surface area contributed by atoms with Gasteiger partial charge in [0.05, 0.1) is 24.2 Å². The van der Waals surface area contributed by atoms with Gasteiger partial charge >= 0.3 is 5.97 Å². The number of hydrogen-bond donors (Lipinski definition) is 1. The van der Waals surface area contributed by atoms with Crippen molar-refractivity contribution < 1.29 is 9.53 Å². The monoisotopic (exact) mass is 192 g/mol. The summed E-state index contributed by atoms with van der Waals surface area (Å²) in [6.45, 7) is 1.81. The van der Waals surface area contributed by atoms with Gasteiger partial charge in [-0.3, -0.25) is 4.98 Å². The van der Waals surface area contributed by atoms with Crippen molar-refractivity contribution in [3.05, 3.63) is 29.6 Å². The second-order valence-electron chi connectivity index (χ2n) is 2.77. The molecule has 0 amide bonds. The molecule has 0 unspecified atom stereocenters. The number of nitrogen functional groups attached to an aromatic ring is 1. The van der Waals surface area contributed by atoms with Crippen LogP contribution in [0, 0.1) is 6.92 Å². The molecule has 74 valence electrons. The first kappa shape index (κ1) is 10.2. The van der Waals surface area contributed by atoms with Crippen LogP contribution in [-0.4, -0.2) is 18.1 Å². The molecule has 0 atom stereocenters. The van der Waals surface area contributed by atoms with Crippen LogP contribution in [0.25, 0.3) is 6.08 Å². The van der Waals surface area contributed by atoms with Gasteiger partial charge in [0, 0.05) is 6.08 Å². The molecule has 1 heterocycles. The topological polar surface area (TPSA) is 65.2 Å². The maximum atomic E-state index is 10.8. The van der Waals surface area contributed by atoms with E-state index in [1.807, 2.05) is 6.92 Å². The molecule has 0 aromatic carbocycles. The average Bonchev–Trinajstić information content (AvgIpc) is 2.19. The number of ether oxygens (including phenoxy) is 1. The van der Waals surface area contributed by atoms with Crippen molar-refractivity contribution in [1.29, 1.82) is 0 Å². The highest BCUT2D eigenvalue weighted by atomic mass is 16.5. The van der Waals surface area contributed by atoms with Crippen molar-refractivity contribution in [3.63, 3.8) is 0 Å². The van der Waals surface area contributed by atoms with Crippen molar-refractivity contribution in [2.24, 2.45) is 0 Å². The molecule has 0 saturated heterocycles. The Morgan fingerprint density at radius 2 is 2.29 bits per heavy atom. The van der Waals surface area contributed by atoms with Gasteiger partial charge < -0.3 is 10.5 Å². The van der Waals surface area contributed by atoms with Gasteiger partial charge in [0.15, 0.2) is 0 Å². The van der Waals surface area contributed by atoms with E-state index in [-0.39, 0.29) is 0 Å². The van der Waals surface area contributed by atoms with E-state index >= 15 is 0 Å². The number of aromatic nitrogens is 1. The highest BCUT2D eigenvalue weighted by molar-refractivity contribution is 5.86. The van der Waals surface area contributed by atoms with Gasteiger partial charge in [-0.05, 0) is 25.1 Å². The molecule has 0 radical (unpaired) electrons. The van der Waals surface area contributed by atoms with Gasteiger partial charge in [-0.15, -0.1) is 0 Å². The number of esters is 1. The second-order valence-corrected chi connectivity index (χ2v) is 2.77. The van der Waals surface area contributed by atoms with Crippen molar-refractivity contribution in [3.8, 4) is 0 Å². The number of anilines is 1. The SMILES string of the molecule is COC(=O)C=Cc1ccc(N)c(C)n1. The Morgan fingerprint density at radius 1 is 1.57 bits per heavy atom. The number of nitrogens with two attached hydrogens (primary N) is 1. The Hall–Kier alpha value is -1.84. The third-order valence-electron chi connectivity index (χ3n) is 1.74. The largest absolute Gasteiger partial charge is 0.466 e. The summed E-state index contributed by atoms with van der Waals surface area (Å²) in [4.78, 5) is 14.9.